The Kier molecular flexibility index (Phi) is 4.04. The Hall–Kier alpha value is -1.93. The zero-order chi connectivity index (χ0) is 13.9. The van der Waals surface area contributed by atoms with Crippen LogP contribution in [0.1, 0.15) is 6.92 Å². The van der Waals surface area contributed by atoms with Crippen molar-refractivity contribution in [2.24, 2.45) is 0 Å². The van der Waals surface area contributed by atoms with Gasteiger partial charge in [0.25, 0.3) is 5.69 Å². The molecule has 1 aromatic carbocycles. The molecule has 0 amide bonds. The van der Waals surface area contributed by atoms with E-state index in [-0.39, 0.29) is 17.1 Å². The molecule has 0 spiro atoms. The molecular weight excluding hydrogens is 258 g/mol. The highest BCUT2D eigenvalue weighted by Gasteiger charge is 2.19. The van der Waals surface area contributed by atoms with Crippen molar-refractivity contribution in [3.05, 3.63) is 40.5 Å². The number of sulfonamides is 1. The molecule has 98 valence electrons. The summed E-state index contributed by atoms with van der Waals surface area (Å²) in [6.07, 6.45) is 0. The van der Waals surface area contributed by atoms with Crippen molar-refractivity contribution in [2.45, 2.75) is 11.8 Å². The summed E-state index contributed by atoms with van der Waals surface area (Å²) in [4.78, 5) is 9.73. The number of rotatable bonds is 5. The molecule has 0 bridgehead atoms. The van der Waals surface area contributed by atoms with Crippen LogP contribution in [0.3, 0.4) is 0 Å². The minimum Gasteiger partial charge on any atom is -0.393 e. The number of nitrogens with zero attached hydrogens (tertiary/aromatic N) is 1. The van der Waals surface area contributed by atoms with Crippen molar-refractivity contribution >= 4 is 21.4 Å². The standard InChI is InChI=1S/C10H13N3O4S/c1-7(2)6-12-18(16,17)8-3-4-9(11)10(5-8)13(14)15/h3-5,12H,1,6,11H2,2H3. The second kappa shape index (κ2) is 5.15. The predicted molar refractivity (Wildman–Crippen MR) is 67.5 cm³/mol. The number of nitrogen functional groups attached to an aromatic ring is 1. The molecule has 0 aromatic heterocycles. The molecule has 8 heteroatoms. The van der Waals surface area contributed by atoms with Crippen LogP contribution in [-0.4, -0.2) is 19.9 Å². The van der Waals surface area contributed by atoms with Crippen LogP contribution in [0.4, 0.5) is 11.4 Å². The second-order valence-electron chi connectivity index (χ2n) is 3.76. The first-order valence-corrected chi connectivity index (χ1v) is 6.40. The molecule has 0 aliphatic carbocycles. The van der Waals surface area contributed by atoms with E-state index in [1.807, 2.05) is 0 Å². The Morgan fingerprint density at radius 2 is 2.17 bits per heavy atom. The van der Waals surface area contributed by atoms with Gasteiger partial charge in [-0.05, 0) is 19.1 Å². The number of anilines is 1. The molecule has 18 heavy (non-hydrogen) atoms. The number of nitro benzene ring substituents is 1. The lowest BCUT2D eigenvalue weighted by atomic mass is 10.3. The smallest absolute Gasteiger partial charge is 0.293 e. The zero-order valence-electron chi connectivity index (χ0n) is 9.71. The lowest BCUT2D eigenvalue weighted by molar-refractivity contribution is -0.384. The summed E-state index contributed by atoms with van der Waals surface area (Å²) in [6.45, 7) is 5.29. The van der Waals surface area contributed by atoms with Gasteiger partial charge >= 0.3 is 0 Å². The van der Waals surface area contributed by atoms with Crippen LogP contribution in [0.5, 0.6) is 0 Å². The summed E-state index contributed by atoms with van der Waals surface area (Å²) >= 11 is 0. The minimum atomic E-state index is -3.80. The molecule has 0 atom stereocenters. The highest BCUT2D eigenvalue weighted by atomic mass is 32.2. The third-order valence-electron chi connectivity index (χ3n) is 2.07. The Morgan fingerprint density at radius 1 is 1.56 bits per heavy atom. The van der Waals surface area contributed by atoms with Crippen LogP contribution in [0.15, 0.2) is 35.2 Å². The summed E-state index contributed by atoms with van der Waals surface area (Å²) in [5, 5.41) is 10.7. The second-order valence-corrected chi connectivity index (χ2v) is 5.53. The van der Waals surface area contributed by atoms with E-state index in [0.717, 1.165) is 6.07 Å². The van der Waals surface area contributed by atoms with E-state index < -0.39 is 20.6 Å². The first kappa shape index (κ1) is 14.1. The number of nitrogens with two attached hydrogens (primary N) is 1. The fraction of sp³-hybridized carbons (Fsp3) is 0.200. The third-order valence-corrected chi connectivity index (χ3v) is 3.47. The maximum Gasteiger partial charge on any atom is 0.293 e. The zero-order valence-corrected chi connectivity index (χ0v) is 10.5. The summed E-state index contributed by atoms with van der Waals surface area (Å²) in [5.41, 5.74) is 5.49. The van der Waals surface area contributed by atoms with Gasteiger partial charge < -0.3 is 5.73 Å². The monoisotopic (exact) mass is 271 g/mol. The summed E-state index contributed by atoms with van der Waals surface area (Å²) in [6, 6.07) is 3.33. The number of nitrogens with one attached hydrogen (secondary N) is 1. The van der Waals surface area contributed by atoms with Crippen molar-refractivity contribution in [3.8, 4) is 0 Å². The van der Waals surface area contributed by atoms with Crippen LogP contribution >= 0.6 is 0 Å². The molecule has 0 heterocycles. The van der Waals surface area contributed by atoms with Gasteiger partial charge in [-0.2, -0.15) is 0 Å². The van der Waals surface area contributed by atoms with E-state index >= 15 is 0 Å². The normalized spacial score (nSPS) is 11.2. The van der Waals surface area contributed by atoms with Crippen LogP contribution in [0.25, 0.3) is 0 Å². The van der Waals surface area contributed by atoms with E-state index in [4.69, 9.17) is 5.73 Å². The maximum atomic E-state index is 11.8. The fourth-order valence-electron chi connectivity index (χ4n) is 1.15. The molecule has 0 aliphatic heterocycles. The third kappa shape index (κ3) is 3.28. The molecule has 0 unspecified atom stereocenters. The summed E-state index contributed by atoms with van der Waals surface area (Å²) in [5.74, 6) is 0. The van der Waals surface area contributed by atoms with Crippen LogP contribution < -0.4 is 10.5 Å². The van der Waals surface area contributed by atoms with Crippen LogP contribution in [-0.2, 0) is 10.0 Å². The number of nitro groups is 1. The van der Waals surface area contributed by atoms with Crippen molar-refractivity contribution in [2.75, 3.05) is 12.3 Å². The van der Waals surface area contributed by atoms with Crippen molar-refractivity contribution in [1.82, 2.24) is 4.72 Å². The summed E-state index contributed by atoms with van der Waals surface area (Å²) < 4.78 is 25.9. The fourth-order valence-corrected chi connectivity index (χ4v) is 2.27. The van der Waals surface area contributed by atoms with E-state index in [1.54, 1.807) is 6.92 Å². The van der Waals surface area contributed by atoms with Crippen LogP contribution in [0.2, 0.25) is 0 Å². The average Bonchev–Trinajstić information content (AvgIpc) is 2.26. The highest BCUT2D eigenvalue weighted by Crippen LogP contribution is 2.24. The number of hydrogen-bond donors (Lipinski definition) is 2. The van der Waals surface area contributed by atoms with E-state index in [2.05, 4.69) is 11.3 Å². The first-order chi connectivity index (χ1) is 8.24. The topological polar surface area (TPSA) is 115 Å². The Morgan fingerprint density at radius 3 is 2.67 bits per heavy atom. The van der Waals surface area contributed by atoms with Gasteiger partial charge in [0, 0.05) is 12.6 Å². The van der Waals surface area contributed by atoms with E-state index in [9.17, 15) is 18.5 Å². The lowest BCUT2D eigenvalue weighted by Crippen LogP contribution is -2.25. The van der Waals surface area contributed by atoms with Gasteiger partial charge in [0.2, 0.25) is 10.0 Å². The number of hydrogen-bond acceptors (Lipinski definition) is 5. The number of benzene rings is 1. The SMILES string of the molecule is C=C(C)CNS(=O)(=O)c1ccc(N)c([N+](=O)[O-])c1. The minimum absolute atomic E-state index is 0.0699. The molecule has 0 saturated heterocycles. The van der Waals surface area contributed by atoms with Gasteiger partial charge in [-0.1, -0.05) is 12.2 Å². The molecule has 1 aromatic rings. The van der Waals surface area contributed by atoms with Gasteiger partial charge in [0.15, 0.2) is 0 Å². The predicted octanol–water partition coefficient (Wildman–Crippen LogP) is 1.03. The van der Waals surface area contributed by atoms with E-state index in [0.29, 0.717) is 5.57 Å². The van der Waals surface area contributed by atoms with Gasteiger partial charge in [0.05, 0.1) is 9.82 Å². The first-order valence-electron chi connectivity index (χ1n) is 4.92. The van der Waals surface area contributed by atoms with E-state index in [1.165, 1.54) is 12.1 Å². The largest absolute Gasteiger partial charge is 0.393 e. The van der Waals surface area contributed by atoms with Gasteiger partial charge in [-0.15, -0.1) is 0 Å². The highest BCUT2D eigenvalue weighted by molar-refractivity contribution is 7.89. The Bertz CT molecular complexity index is 595. The van der Waals surface area contributed by atoms with Gasteiger partial charge in [-0.25, -0.2) is 13.1 Å². The lowest BCUT2D eigenvalue weighted by Gasteiger charge is -2.07. The maximum absolute atomic E-state index is 11.8. The summed E-state index contributed by atoms with van der Waals surface area (Å²) in [7, 11) is -3.80. The quantitative estimate of drug-likeness (QED) is 0.359. The molecule has 3 N–H and O–H groups in total. The molecule has 0 aliphatic rings. The van der Waals surface area contributed by atoms with Crippen molar-refractivity contribution in [1.29, 1.82) is 0 Å². The molecule has 7 nitrogen and oxygen atoms in total. The van der Waals surface area contributed by atoms with Crippen molar-refractivity contribution < 1.29 is 13.3 Å². The molecule has 0 radical (unpaired) electrons. The Balaban J connectivity index is 3.14. The molecule has 0 fully saturated rings. The molecule has 1 rings (SSSR count). The van der Waals surface area contributed by atoms with Crippen molar-refractivity contribution in [3.63, 3.8) is 0 Å². The van der Waals surface area contributed by atoms with Crippen LogP contribution in [0, 0.1) is 10.1 Å². The molecule has 0 saturated carbocycles. The average molecular weight is 271 g/mol. The molecular formula is C10H13N3O4S. The van der Waals surface area contributed by atoms with Gasteiger partial charge in [-0.3, -0.25) is 10.1 Å². The van der Waals surface area contributed by atoms with Gasteiger partial charge in [0.1, 0.15) is 5.69 Å². The Labute approximate surface area is 105 Å².